The Labute approximate surface area is 95.9 Å². The first-order valence-corrected chi connectivity index (χ1v) is 5.23. The molecule has 0 aliphatic heterocycles. The number of carbonyl (C=O) groups is 1. The monoisotopic (exact) mass is 222 g/mol. The zero-order valence-electron chi connectivity index (χ0n) is 10.1. The van der Waals surface area contributed by atoms with Crippen LogP contribution < -0.4 is 5.32 Å². The highest BCUT2D eigenvalue weighted by molar-refractivity contribution is 5.98. The van der Waals surface area contributed by atoms with Crippen molar-refractivity contribution in [3.05, 3.63) is 23.8 Å². The lowest BCUT2D eigenvalue weighted by Gasteiger charge is -2.16. The Morgan fingerprint density at radius 3 is 2.50 bits per heavy atom. The minimum Gasteiger partial charge on any atom is -0.505 e. The lowest BCUT2D eigenvalue weighted by molar-refractivity contribution is 0.0824. The van der Waals surface area contributed by atoms with Gasteiger partial charge in [-0.25, -0.2) is 0 Å². The van der Waals surface area contributed by atoms with Gasteiger partial charge in [-0.2, -0.15) is 0 Å². The fourth-order valence-corrected chi connectivity index (χ4v) is 1.38. The minimum absolute atomic E-state index is 0.00917. The van der Waals surface area contributed by atoms with Gasteiger partial charge in [0.2, 0.25) is 0 Å². The Hall–Kier alpha value is -1.71. The number of anilines is 1. The van der Waals surface area contributed by atoms with Crippen molar-refractivity contribution in [1.82, 2.24) is 4.90 Å². The summed E-state index contributed by atoms with van der Waals surface area (Å²) in [7, 11) is 3.31. The summed E-state index contributed by atoms with van der Waals surface area (Å²) in [5.41, 5.74) is 0.901. The summed E-state index contributed by atoms with van der Waals surface area (Å²) >= 11 is 0. The van der Waals surface area contributed by atoms with Crippen LogP contribution in [0.1, 0.15) is 24.2 Å². The number of hydrogen-bond acceptors (Lipinski definition) is 3. The molecule has 4 nitrogen and oxygen atoms in total. The van der Waals surface area contributed by atoms with E-state index < -0.39 is 0 Å². The van der Waals surface area contributed by atoms with Crippen LogP contribution in [0.5, 0.6) is 5.75 Å². The van der Waals surface area contributed by atoms with Crippen LogP contribution in [-0.2, 0) is 0 Å². The molecule has 0 spiro atoms. The van der Waals surface area contributed by atoms with E-state index in [1.807, 2.05) is 13.8 Å². The molecule has 0 bridgehead atoms. The molecule has 1 rings (SSSR count). The highest BCUT2D eigenvalue weighted by Crippen LogP contribution is 2.28. The molecule has 0 unspecified atom stereocenters. The van der Waals surface area contributed by atoms with E-state index in [1.54, 1.807) is 32.3 Å². The standard InChI is InChI=1S/C12H18N2O2/c1-8(2)13-10-7-5-6-9(11(10)15)12(16)14(3)4/h5-8,13,15H,1-4H3. The lowest BCUT2D eigenvalue weighted by Crippen LogP contribution is -2.22. The van der Waals surface area contributed by atoms with E-state index in [9.17, 15) is 9.90 Å². The second kappa shape index (κ2) is 4.88. The number of benzene rings is 1. The minimum atomic E-state index is -0.204. The first-order valence-electron chi connectivity index (χ1n) is 5.23. The Balaban J connectivity index is 3.08. The Bertz CT molecular complexity index is 387. The summed E-state index contributed by atoms with van der Waals surface area (Å²) in [5.74, 6) is -0.195. The third kappa shape index (κ3) is 2.66. The SMILES string of the molecule is CC(C)Nc1cccc(C(=O)N(C)C)c1O. The topological polar surface area (TPSA) is 52.6 Å². The molecule has 0 aromatic heterocycles. The predicted molar refractivity (Wildman–Crippen MR) is 64.9 cm³/mol. The van der Waals surface area contributed by atoms with Crippen molar-refractivity contribution in [1.29, 1.82) is 0 Å². The lowest BCUT2D eigenvalue weighted by atomic mass is 10.1. The number of amides is 1. The van der Waals surface area contributed by atoms with Gasteiger partial charge < -0.3 is 15.3 Å². The van der Waals surface area contributed by atoms with Gasteiger partial charge >= 0.3 is 0 Å². The van der Waals surface area contributed by atoms with Crippen molar-refractivity contribution in [3.63, 3.8) is 0 Å². The second-order valence-electron chi connectivity index (χ2n) is 4.20. The maximum absolute atomic E-state index is 11.7. The fourth-order valence-electron chi connectivity index (χ4n) is 1.38. The zero-order valence-corrected chi connectivity index (χ0v) is 10.1. The Morgan fingerprint density at radius 1 is 1.38 bits per heavy atom. The second-order valence-corrected chi connectivity index (χ2v) is 4.20. The van der Waals surface area contributed by atoms with Crippen molar-refractivity contribution in [3.8, 4) is 5.75 Å². The molecular weight excluding hydrogens is 204 g/mol. The molecule has 0 fully saturated rings. The van der Waals surface area contributed by atoms with E-state index in [2.05, 4.69) is 5.32 Å². The van der Waals surface area contributed by atoms with Gasteiger partial charge in [-0.05, 0) is 26.0 Å². The smallest absolute Gasteiger partial charge is 0.257 e. The van der Waals surface area contributed by atoms with Gasteiger partial charge in [0, 0.05) is 20.1 Å². The van der Waals surface area contributed by atoms with Crippen LogP contribution in [0.15, 0.2) is 18.2 Å². The Morgan fingerprint density at radius 2 is 2.00 bits per heavy atom. The molecule has 1 aromatic carbocycles. The summed E-state index contributed by atoms with van der Waals surface area (Å²) in [6, 6.07) is 5.32. The van der Waals surface area contributed by atoms with Crippen LogP contribution in [0.25, 0.3) is 0 Å². The van der Waals surface area contributed by atoms with Gasteiger partial charge in [-0.1, -0.05) is 6.07 Å². The highest BCUT2D eigenvalue weighted by Gasteiger charge is 2.15. The third-order valence-corrected chi connectivity index (χ3v) is 2.12. The maximum Gasteiger partial charge on any atom is 0.257 e. The zero-order chi connectivity index (χ0) is 12.3. The van der Waals surface area contributed by atoms with Crippen LogP contribution in [0, 0.1) is 0 Å². The number of carbonyl (C=O) groups excluding carboxylic acids is 1. The molecule has 0 radical (unpaired) electrons. The van der Waals surface area contributed by atoms with E-state index in [4.69, 9.17) is 0 Å². The summed E-state index contributed by atoms with van der Waals surface area (Å²) < 4.78 is 0. The number of phenolic OH excluding ortho intramolecular Hbond substituents is 1. The number of phenols is 1. The van der Waals surface area contributed by atoms with Crippen molar-refractivity contribution in [2.24, 2.45) is 0 Å². The van der Waals surface area contributed by atoms with E-state index in [0.29, 0.717) is 11.3 Å². The highest BCUT2D eigenvalue weighted by atomic mass is 16.3. The molecular formula is C12H18N2O2. The molecule has 0 atom stereocenters. The summed E-state index contributed by atoms with van der Waals surface area (Å²) in [6.45, 7) is 3.94. The van der Waals surface area contributed by atoms with Crippen LogP contribution in [0.4, 0.5) is 5.69 Å². The van der Waals surface area contributed by atoms with Crippen molar-refractivity contribution in [2.75, 3.05) is 19.4 Å². The molecule has 1 amide bonds. The van der Waals surface area contributed by atoms with E-state index in [1.165, 1.54) is 4.90 Å². The van der Waals surface area contributed by atoms with E-state index >= 15 is 0 Å². The van der Waals surface area contributed by atoms with Crippen LogP contribution >= 0.6 is 0 Å². The van der Waals surface area contributed by atoms with Gasteiger partial charge in [0.25, 0.3) is 5.91 Å². The van der Waals surface area contributed by atoms with Crippen LogP contribution in [-0.4, -0.2) is 36.1 Å². The number of rotatable bonds is 3. The number of nitrogens with one attached hydrogen (secondary N) is 1. The number of hydrogen-bond donors (Lipinski definition) is 2. The third-order valence-electron chi connectivity index (χ3n) is 2.12. The van der Waals surface area contributed by atoms with Crippen molar-refractivity contribution in [2.45, 2.75) is 19.9 Å². The van der Waals surface area contributed by atoms with Crippen LogP contribution in [0.2, 0.25) is 0 Å². The maximum atomic E-state index is 11.7. The van der Waals surface area contributed by atoms with Gasteiger partial charge in [0.1, 0.15) is 0 Å². The van der Waals surface area contributed by atoms with Gasteiger partial charge in [0.15, 0.2) is 5.75 Å². The van der Waals surface area contributed by atoms with Crippen molar-refractivity contribution < 1.29 is 9.90 Å². The van der Waals surface area contributed by atoms with Gasteiger partial charge in [-0.15, -0.1) is 0 Å². The molecule has 0 saturated heterocycles. The summed E-state index contributed by atoms with van der Waals surface area (Å²) in [5, 5.41) is 13.0. The van der Waals surface area contributed by atoms with Gasteiger partial charge in [-0.3, -0.25) is 4.79 Å². The summed E-state index contributed by atoms with van der Waals surface area (Å²) in [6.07, 6.45) is 0. The molecule has 2 N–H and O–H groups in total. The first kappa shape index (κ1) is 12.4. The van der Waals surface area contributed by atoms with Crippen molar-refractivity contribution >= 4 is 11.6 Å². The largest absolute Gasteiger partial charge is 0.505 e. The van der Waals surface area contributed by atoms with Gasteiger partial charge in [0.05, 0.1) is 11.3 Å². The molecule has 88 valence electrons. The number of nitrogens with zero attached hydrogens (tertiary/aromatic N) is 1. The predicted octanol–water partition coefficient (Wildman–Crippen LogP) is 1.91. The number of aromatic hydroxyl groups is 1. The summed E-state index contributed by atoms with van der Waals surface area (Å²) in [4.78, 5) is 13.2. The normalized spacial score (nSPS) is 10.3. The first-order chi connectivity index (χ1) is 7.43. The molecule has 0 aliphatic carbocycles. The molecule has 0 saturated carbocycles. The molecule has 1 aromatic rings. The molecule has 16 heavy (non-hydrogen) atoms. The molecule has 4 heteroatoms. The van der Waals surface area contributed by atoms with Crippen LogP contribution in [0.3, 0.4) is 0 Å². The van der Waals surface area contributed by atoms with E-state index in [-0.39, 0.29) is 17.7 Å². The average Bonchev–Trinajstić information content (AvgIpc) is 2.19. The Kier molecular flexibility index (Phi) is 3.77. The fraction of sp³-hybridized carbons (Fsp3) is 0.417. The average molecular weight is 222 g/mol. The molecule has 0 heterocycles. The quantitative estimate of drug-likeness (QED) is 0.768. The van der Waals surface area contributed by atoms with E-state index in [0.717, 1.165) is 0 Å². The molecule has 0 aliphatic rings. The number of para-hydroxylation sites is 1.